The third-order valence-electron chi connectivity index (χ3n) is 2.10. The molecule has 0 atom stereocenters. The van der Waals surface area contributed by atoms with Crippen LogP contribution in [0.4, 0.5) is 4.39 Å². The fraction of sp³-hybridized carbons (Fsp3) is 0. The minimum absolute atomic E-state index is 0.228. The maximum Gasteiger partial charge on any atom is 0.185 e. The number of thiophene rings is 1. The lowest BCUT2D eigenvalue weighted by Crippen LogP contribution is -1.94. The molecule has 0 saturated carbocycles. The van der Waals surface area contributed by atoms with E-state index in [2.05, 4.69) is 0 Å². The Kier molecular flexibility index (Phi) is 3.71. The van der Waals surface area contributed by atoms with Gasteiger partial charge in [-0.05, 0) is 36.4 Å². The van der Waals surface area contributed by atoms with Gasteiger partial charge in [0, 0.05) is 10.4 Å². The van der Waals surface area contributed by atoms with Crippen LogP contribution in [0.3, 0.4) is 0 Å². The highest BCUT2D eigenvalue weighted by atomic mass is 35.5. The Balaban J connectivity index is 2.14. The first kappa shape index (κ1) is 12.0. The molecule has 0 bridgehead atoms. The fourth-order valence-corrected chi connectivity index (χ4v) is 2.28. The Hall–Kier alpha value is -1.45. The van der Waals surface area contributed by atoms with Crippen molar-refractivity contribution in [2.75, 3.05) is 0 Å². The van der Waals surface area contributed by atoms with E-state index < -0.39 is 5.82 Å². The van der Waals surface area contributed by atoms with Crippen LogP contribution in [-0.2, 0) is 0 Å². The number of ketones is 1. The topological polar surface area (TPSA) is 17.1 Å². The van der Waals surface area contributed by atoms with Crippen molar-refractivity contribution in [2.45, 2.75) is 0 Å². The average Bonchev–Trinajstić information content (AvgIpc) is 2.72. The summed E-state index contributed by atoms with van der Waals surface area (Å²) in [7, 11) is 0. The van der Waals surface area contributed by atoms with Crippen LogP contribution in [0.2, 0.25) is 4.34 Å². The largest absolute Gasteiger partial charge is 0.289 e. The van der Waals surface area contributed by atoms with Crippen molar-refractivity contribution in [1.29, 1.82) is 0 Å². The molecule has 0 aliphatic carbocycles. The van der Waals surface area contributed by atoms with E-state index in [-0.39, 0.29) is 5.78 Å². The second-order valence-corrected chi connectivity index (χ2v) is 5.10. The Bertz CT molecular complexity index is 574. The van der Waals surface area contributed by atoms with Gasteiger partial charge in [0.2, 0.25) is 0 Å². The van der Waals surface area contributed by atoms with Gasteiger partial charge in [-0.3, -0.25) is 4.79 Å². The zero-order valence-electron chi connectivity index (χ0n) is 8.69. The van der Waals surface area contributed by atoms with Gasteiger partial charge in [-0.2, -0.15) is 0 Å². The molecule has 0 spiro atoms. The lowest BCUT2D eigenvalue weighted by atomic mass is 10.1. The molecule has 2 aromatic rings. The van der Waals surface area contributed by atoms with Crippen LogP contribution in [0, 0.1) is 5.82 Å². The van der Waals surface area contributed by atoms with Gasteiger partial charge in [0.05, 0.1) is 4.34 Å². The second-order valence-electron chi connectivity index (χ2n) is 3.35. The van der Waals surface area contributed by atoms with Gasteiger partial charge >= 0.3 is 0 Å². The molecule has 86 valence electrons. The van der Waals surface area contributed by atoms with Crippen molar-refractivity contribution in [3.8, 4) is 0 Å². The fourth-order valence-electron chi connectivity index (χ4n) is 1.31. The van der Waals surface area contributed by atoms with Crippen LogP contribution in [0.5, 0.6) is 0 Å². The van der Waals surface area contributed by atoms with Gasteiger partial charge in [-0.25, -0.2) is 4.39 Å². The highest BCUT2D eigenvalue weighted by molar-refractivity contribution is 7.17. The molecule has 1 heterocycles. The van der Waals surface area contributed by atoms with Crippen molar-refractivity contribution in [3.05, 3.63) is 63.1 Å². The normalized spacial score (nSPS) is 10.9. The summed E-state index contributed by atoms with van der Waals surface area (Å²) in [5.41, 5.74) is 0.337. The molecular formula is C13H8ClFOS. The molecule has 0 aliphatic rings. The lowest BCUT2D eigenvalue weighted by molar-refractivity contribution is 0.104. The molecular weight excluding hydrogens is 259 g/mol. The van der Waals surface area contributed by atoms with Crippen LogP contribution in [0.25, 0.3) is 6.08 Å². The van der Waals surface area contributed by atoms with Gasteiger partial charge < -0.3 is 0 Å². The Morgan fingerprint density at radius 1 is 1.29 bits per heavy atom. The van der Waals surface area contributed by atoms with E-state index in [1.54, 1.807) is 18.2 Å². The summed E-state index contributed by atoms with van der Waals surface area (Å²) in [6.45, 7) is 0. The molecule has 1 aromatic heterocycles. The smallest absolute Gasteiger partial charge is 0.185 e. The SMILES string of the molecule is O=C(C=Cc1ccc(Cl)s1)c1cccc(F)c1. The van der Waals surface area contributed by atoms with E-state index in [1.807, 2.05) is 6.07 Å². The first-order valence-electron chi connectivity index (χ1n) is 4.88. The number of allylic oxidation sites excluding steroid dienone is 1. The number of hydrogen-bond donors (Lipinski definition) is 0. The molecule has 0 amide bonds. The molecule has 0 unspecified atom stereocenters. The molecule has 1 nitrogen and oxygen atoms in total. The standard InChI is InChI=1S/C13H8ClFOS/c14-13-7-5-11(17-13)4-6-12(16)9-2-1-3-10(15)8-9/h1-8H. The summed E-state index contributed by atoms with van der Waals surface area (Å²) in [4.78, 5) is 12.6. The zero-order chi connectivity index (χ0) is 12.3. The van der Waals surface area contributed by atoms with Gasteiger partial charge in [0.1, 0.15) is 5.82 Å². The van der Waals surface area contributed by atoms with Crippen molar-refractivity contribution in [1.82, 2.24) is 0 Å². The molecule has 0 N–H and O–H groups in total. The van der Waals surface area contributed by atoms with Crippen molar-refractivity contribution >= 4 is 34.8 Å². The van der Waals surface area contributed by atoms with Gasteiger partial charge in [-0.15, -0.1) is 11.3 Å². The first-order chi connectivity index (χ1) is 8.15. The van der Waals surface area contributed by atoms with E-state index >= 15 is 0 Å². The quantitative estimate of drug-likeness (QED) is 0.593. The van der Waals surface area contributed by atoms with E-state index in [4.69, 9.17) is 11.6 Å². The predicted molar refractivity (Wildman–Crippen MR) is 69.1 cm³/mol. The number of hydrogen-bond acceptors (Lipinski definition) is 2. The number of halogens is 2. The minimum Gasteiger partial charge on any atom is -0.289 e. The molecule has 0 fully saturated rings. The van der Waals surface area contributed by atoms with E-state index in [0.29, 0.717) is 9.90 Å². The summed E-state index contributed by atoms with van der Waals surface area (Å²) >= 11 is 7.14. The molecule has 2 rings (SSSR count). The summed E-state index contributed by atoms with van der Waals surface area (Å²) < 4.78 is 13.6. The molecule has 0 aliphatic heterocycles. The maximum atomic E-state index is 12.9. The highest BCUT2D eigenvalue weighted by Crippen LogP contribution is 2.22. The number of benzene rings is 1. The molecule has 0 radical (unpaired) electrons. The summed E-state index contributed by atoms with van der Waals surface area (Å²) in [6, 6.07) is 9.20. The van der Waals surface area contributed by atoms with Gasteiger partial charge in [-0.1, -0.05) is 23.7 Å². The maximum absolute atomic E-state index is 12.9. The molecule has 0 saturated heterocycles. The van der Waals surface area contributed by atoms with Crippen LogP contribution in [0.1, 0.15) is 15.2 Å². The van der Waals surface area contributed by atoms with Crippen molar-refractivity contribution in [3.63, 3.8) is 0 Å². The van der Waals surface area contributed by atoms with E-state index in [0.717, 1.165) is 4.88 Å². The van der Waals surface area contributed by atoms with Crippen LogP contribution in [-0.4, -0.2) is 5.78 Å². The highest BCUT2D eigenvalue weighted by Gasteiger charge is 2.02. The van der Waals surface area contributed by atoms with Crippen LogP contribution < -0.4 is 0 Å². The van der Waals surface area contributed by atoms with Gasteiger partial charge in [0.15, 0.2) is 5.78 Å². The minimum atomic E-state index is -0.414. The number of carbonyl (C=O) groups is 1. The Labute approximate surface area is 107 Å². The third-order valence-corrected chi connectivity index (χ3v) is 3.30. The lowest BCUT2D eigenvalue weighted by Gasteiger charge is -1.94. The zero-order valence-corrected chi connectivity index (χ0v) is 10.3. The molecule has 17 heavy (non-hydrogen) atoms. The van der Waals surface area contributed by atoms with Crippen molar-refractivity contribution < 1.29 is 9.18 Å². The molecule has 4 heteroatoms. The van der Waals surface area contributed by atoms with Gasteiger partial charge in [0.25, 0.3) is 0 Å². The second kappa shape index (κ2) is 5.25. The Morgan fingerprint density at radius 2 is 2.12 bits per heavy atom. The number of rotatable bonds is 3. The van der Waals surface area contributed by atoms with E-state index in [9.17, 15) is 9.18 Å². The first-order valence-corrected chi connectivity index (χ1v) is 6.08. The third kappa shape index (κ3) is 3.25. The predicted octanol–water partition coefficient (Wildman–Crippen LogP) is 4.44. The van der Waals surface area contributed by atoms with E-state index in [1.165, 1.54) is 35.6 Å². The van der Waals surface area contributed by atoms with Crippen LogP contribution >= 0.6 is 22.9 Å². The summed E-state index contributed by atoms with van der Waals surface area (Å²) in [5.74, 6) is -0.641. The average molecular weight is 267 g/mol. The summed E-state index contributed by atoms with van der Waals surface area (Å²) in [5, 5.41) is 0. The van der Waals surface area contributed by atoms with Crippen molar-refractivity contribution in [2.24, 2.45) is 0 Å². The monoisotopic (exact) mass is 266 g/mol. The Morgan fingerprint density at radius 3 is 2.76 bits per heavy atom. The van der Waals surface area contributed by atoms with Crippen LogP contribution in [0.15, 0.2) is 42.5 Å². The summed E-state index contributed by atoms with van der Waals surface area (Å²) in [6.07, 6.45) is 3.08. The number of carbonyl (C=O) groups excluding carboxylic acids is 1. The molecule has 1 aromatic carbocycles.